The van der Waals surface area contributed by atoms with E-state index >= 15 is 0 Å². The lowest BCUT2D eigenvalue weighted by Gasteiger charge is -2.09. The molecule has 90 valence electrons. The molecule has 0 saturated heterocycles. The Kier molecular flexibility index (Phi) is 2.93. The summed E-state index contributed by atoms with van der Waals surface area (Å²) in [4.78, 5) is 11.8. The maximum absolute atomic E-state index is 13.6. The van der Waals surface area contributed by atoms with Gasteiger partial charge in [-0.15, -0.1) is 0 Å². The van der Waals surface area contributed by atoms with Crippen molar-refractivity contribution in [2.75, 3.05) is 7.05 Å². The van der Waals surface area contributed by atoms with Gasteiger partial charge < -0.3 is 9.73 Å². The molecule has 0 radical (unpaired) electrons. The maximum Gasteiger partial charge on any atom is 0.182 e. The molecular formula is C12H11F2NO2. The Bertz CT molecular complexity index is 577. The largest absolute Gasteiger partial charge is 0.461 e. The van der Waals surface area contributed by atoms with Crippen LogP contribution in [0.15, 0.2) is 22.8 Å². The van der Waals surface area contributed by atoms with Crippen molar-refractivity contribution in [1.29, 1.82) is 0 Å². The van der Waals surface area contributed by atoms with Crippen molar-refractivity contribution in [3.8, 4) is 0 Å². The first-order valence-corrected chi connectivity index (χ1v) is 5.12. The molecule has 0 amide bonds. The second kappa shape index (κ2) is 4.25. The summed E-state index contributed by atoms with van der Waals surface area (Å²) >= 11 is 0. The van der Waals surface area contributed by atoms with Crippen LogP contribution in [0.25, 0.3) is 11.0 Å². The number of nitrogens with one attached hydrogen (secondary N) is 1. The van der Waals surface area contributed by atoms with Gasteiger partial charge in [0.05, 0.1) is 17.0 Å². The van der Waals surface area contributed by atoms with Crippen molar-refractivity contribution in [3.63, 3.8) is 0 Å². The van der Waals surface area contributed by atoms with Gasteiger partial charge in [0.1, 0.15) is 17.7 Å². The molecule has 1 heterocycles. The predicted molar refractivity (Wildman–Crippen MR) is 59.0 cm³/mol. The molecule has 1 atom stereocenters. The molecule has 2 rings (SSSR count). The molecule has 0 aliphatic heterocycles. The van der Waals surface area contributed by atoms with E-state index in [4.69, 9.17) is 4.42 Å². The number of carbonyl (C=O) groups excluding carboxylic acids is 1. The minimum Gasteiger partial charge on any atom is -0.461 e. The molecule has 1 aromatic carbocycles. The highest BCUT2D eigenvalue weighted by atomic mass is 19.1. The fraction of sp³-hybridized carbons (Fsp3) is 0.250. The summed E-state index contributed by atoms with van der Waals surface area (Å²) in [6, 6.07) is 1.67. The molecule has 0 bridgehead atoms. The lowest BCUT2D eigenvalue weighted by molar-refractivity contribution is 0.0951. The van der Waals surface area contributed by atoms with Gasteiger partial charge in [-0.2, -0.15) is 0 Å². The summed E-state index contributed by atoms with van der Waals surface area (Å²) in [6.07, 6.45) is 0.889. The van der Waals surface area contributed by atoms with E-state index in [1.165, 1.54) is 6.07 Å². The zero-order valence-electron chi connectivity index (χ0n) is 9.38. The summed E-state index contributed by atoms with van der Waals surface area (Å²) in [5, 5.41) is 2.82. The summed E-state index contributed by atoms with van der Waals surface area (Å²) in [7, 11) is 1.59. The Hall–Kier alpha value is -1.75. The van der Waals surface area contributed by atoms with Crippen LogP contribution in [0.3, 0.4) is 0 Å². The first-order chi connectivity index (χ1) is 8.04. The van der Waals surface area contributed by atoms with Crippen LogP contribution in [0, 0.1) is 11.6 Å². The first kappa shape index (κ1) is 11.7. The number of rotatable bonds is 3. The third-order valence-electron chi connectivity index (χ3n) is 2.71. The fourth-order valence-electron chi connectivity index (χ4n) is 1.57. The van der Waals surface area contributed by atoms with Crippen molar-refractivity contribution in [2.45, 2.75) is 13.0 Å². The molecule has 0 spiro atoms. The minimum atomic E-state index is -0.709. The van der Waals surface area contributed by atoms with Crippen LogP contribution in [0.1, 0.15) is 17.3 Å². The van der Waals surface area contributed by atoms with E-state index in [0.717, 1.165) is 12.3 Å². The number of hydrogen-bond donors (Lipinski definition) is 1. The second-order valence-electron chi connectivity index (χ2n) is 3.79. The first-order valence-electron chi connectivity index (χ1n) is 5.12. The summed E-state index contributed by atoms with van der Waals surface area (Å²) in [6.45, 7) is 1.61. The Balaban J connectivity index is 2.57. The van der Waals surface area contributed by atoms with Gasteiger partial charge in [0.25, 0.3) is 0 Å². The van der Waals surface area contributed by atoms with Crippen molar-refractivity contribution in [3.05, 3.63) is 35.6 Å². The van der Waals surface area contributed by atoms with E-state index in [1.807, 2.05) is 0 Å². The number of hydrogen-bond acceptors (Lipinski definition) is 3. The van der Waals surface area contributed by atoms with Gasteiger partial charge in [-0.1, -0.05) is 0 Å². The average Bonchev–Trinajstić information content (AvgIpc) is 2.67. The van der Waals surface area contributed by atoms with Gasteiger partial charge in [-0.05, 0) is 20.0 Å². The highest BCUT2D eigenvalue weighted by Gasteiger charge is 2.20. The lowest BCUT2D eigenvalue weighted by atomic mass is 10.0. The number of carbonyl (C=O) groups is 1. The molecular weight excluding hydrogens is 228 g/mol. The van der Waals surface area contributed by atoms with Crippen LogP contribution >= 0.6 is 0 Å². The minimum absolute atomic E-state index is 0.0914. The Morgan fingerprint density at radius 2 is 2.06 bits per heavy atom. The van der Waals surface area contributed by atoms with Gasteiger partial charge >= 0.3 is 0 Å². The van der Waals surface area contributed by atoms with E-state index in [2.05, 4.69) is 5.32 Å². The van der Waals surface area contributed by atoms with E-state index in [0.29, 0.717) is 0 Å². The van der Waals surface area contributed by atoms with Crippen molar-refractivity contribution in [1.82, 2.24) is 5.32 Å². The number of furan rings is 1. The highest BCUT2D eigenvalue weighted by molar-refractivity contribution is 6.02. The maximum atomic E-state index is 13.6. The second-order valence-corrected chi connectivity index (χ2v) is 3.79. The van der Waals surface area contributed by atoms with Gasteiger partial charge in [-0.3, -0.25) is 4.79 Å². The fourth-order valence-corrected chi connectivity index (χ4v) is 1.57. The van der Waals surface area contributed by atoms with Crippen molar-refractivity contribution < 1.29 is 18.0 Å². The third kappa shape index (κ3) is 1.93. The number of ketones is 1. The van der Waals surface area contributed by atoms with E-state index < -0.39 is 23.5 Å². The van der Waals surface area contributed by atoms with Crippen LogP contribution in [0.4, 0.5) is 8.78 Å². The van der Waals surface area contributed by atoms with Crippen molar-refractivity contribution >= 4 is 16.8 Å². The Labute approximate surface area is 96.4 Å². The van der Waals surface area contributed by atoms with E-state index in [1.54, 1.807) is 14.0 Å². The smallest absolute Gasteiger partial charge is 0.182 e. The topological polar surface area (TPSA) is 42.2 Å². The summed E-state index contributed by atoms with van der Waals surface area (Å²) < 4.78 is 31.7. The van der Waals surface area contributed by atoms with Gasteiger partial charge in [0, 0.05) is 6.07 Å². The van der Waals surface area contributed by atoms with Gasteiger partial charge in [-0.25, -0.2) is 8.78 Å². The molecule has 0 unspecified atom stereocenters. The molecule has 1 aromatic heterocycles. The molecule has 0 aliphatic carbocycles. The monoisotopic (exact) mass is 239 g/mol. The molecule has 0 aliphatic rings. The van der Waals surface area contributed by atoms with E-state index in [-0.39, 0.29) is 16.5 Å². The number of halogens is 2. The number of fused-ring (bicyclic) bond motifs is 1. The molecule has 3 nitrogen and oxygen atoms in total. The number of likely N-dealkylation sites (N-methyl/N-ethyl adjacent to an activating group) is 1. The van der Waals surface area contributed by atoms with Crippen molar-refractivity contribution in [2.24, 2.45) is 0 Å². The highest BCUT2D eigenvalue weighted by Crippen LogP contribution is 2.24. The standard InChI is InChI=1S/C12H11F2NO2/c1-6(15-2)12(16)8-3-7-10(14)5-17-11(7)4-9(8)13/h3-6,15H,1-2H3/t6-/m1/s1. The molecule has 0 saturated carbocycles. The number of Topliss-reactive ketones (excluding diaryl/α,β-unsaturated/α-hetero) is 1. The van der Waals surface area contributed by atoms with Crippen LogP contribution in [0.5, 0.6) is 0 Å². The Morgan fingerprint density at radius 3 is 2.71 bits per heavy atom. The summed E-state index contributed by atoms with van der Waals surface area (Å²) in [5.41, 5.74) is -0.0479. The van der Waals surface area contributed by atoms with Crippen LogP contribution in [-0.4, -0.2) is 18.9 Å². The van der Waals surface area contributed by atoms with Crippen LogP contribution < -0.4 is 5.32 Å². The summed E-state index contributed by atoms with van der Waals surface area (Å²) in [5.74, 6) is -1.74. The zero-order chi connectivity index (χ0) is 12.6. The van der Waals surface area contributed by atoms with Crippen LogP contribution in [-0.2, 0) is 0 Å². The molecule has 0 fully saturated rings. The van der Waals surface area contributed by atoms with E-state index in [9.17, 15) is 13.6 Å². The Morgan fingerprint density at radius 1 is 1.35 bits per heavy atom. The van der Waals surface area contributed by atoms with Gasteiger partial charge in [0.2, 0.25) is 0 Å². The molecule has 17 heavy (non-hydrogen) atoms. The number of benzene rings is 1. The molecule has 1 N–H and O–H groups in total. The zero-order valence-corrected chi connectivity index (χ0v) is 9.38. The van der Waals surface area contributed by atoms with Gasteiger partial charge in [0.15, 0.2) is 11.6 Å². The normalized spacial score (nSPS) is 12.9. The molecule has 5 heteroatoms. The predicted octanol–water partition coefficient (Wildman–Crippen LogP) is 2.50. The lowest BCUT2D eigenvalue weighted by Crippen LogP contribution is -2.31. The average molecular weight is 239 g/mol. The molecule has 2 aromatic rings. The quantitative estimate of drug-likeness (QED) is 0.837. The van der Waals surface area contributed by atoms with Crippen LogP contribution in [0.2, 0.25) is 0 Å². The third-order valence-corrected chi connectivity index (χ3v) is 2.71. The SMILES string of the molecule is CN[C@H](C)C(=O)c1cc2c(F)coc2cc1F.